The molecule has 0 rings (SSSR count). The van der Waals surface area contributed by atoms with Crippen molar-refractivity contribution in [3.63, 3.8) is 0 Å². The number of hydrogen-bond donors (Lipinski definition) is 3. The van der Waals surface area contributed by atoms with Crippen LogP contribution in [-0.4, -0.2) is 22.4 Å². The predicted octanol–water partition coefficient (Wildman–Crippen LogP) is -0.373. The van der Waals surface area contributed by atoms with Crippen LogP contribution in [0, 0.1) is 0 Å². The van der Waals surface area contributed by atoms with E-state index in [9.17, 15) is 14.4 Å². The first-order valence-corrected chi connectivity index (χ1v) is 2.75. The first-order valence-electron chi connectivity index (χ1n) is 1.25. The Bertz CT molecular complexity index is 52.6. The van der Waals surface area contributed by atoms with Crippen LogP contribution >= 0.6 is 0 Å². The molecule has 0 atom stereocenters. The van der Waals surface area contributed by atoms with E-state index in [-0.39, 0.29) is 0 Å². The molecule has 3 nitrogen and oxygen atoms in total. The van der Waals surface area contributed by atoms with Crippen LogP contribution < -0.4 is 0 Å². The molecule has 0 bridgehead atoms. The second-order valence-corrected chi connectivity index (χ2v) is 1.46. The van der Waals surface area contributed by atoms with Crippen molar-refractivity contribution in [2.75, 3.05) is 0 Å². The molecule has 0 aliphatic heterocycles. The summed E-state index contributed by atoms with van der Waals surface area (Å²) in [7, 11) is -2.17. The molecule has 0 radical (unpaired) electrons. The standard InChI is InChI=1S/BH3O3.4FH.Ni/c2-1(3)4;;;;;/h2-4H;4*1H;/q;;;;;+4/p-4. The van der Waals surface area contributed by atoms with Gasteiger partial charge in [0.05, 0.1) is 0 Å². The topological polar surface area (TPSA) is 60.7 Å². The van der Waals surface area contributed by atoms with E-state index < -0.39 is 21.5 Å². The molecule has 3 N–H and O–H groups in total. The average molecular weight is 197 g/mol. The van der Waals surface area contributed by atoms with Gasteiger partial charge >= 0.3 is 35.9 Å². The summed E-state index contributed by atoms with van der Waals surface area (Å²) in [6.07, 6.45) is 0. The number of hydrogen-bond acceptors (Lipinski definition) is 3. The first kappa shape index (κ1) is 11.9. The van der Waals surface area contributed by atoms with Gasteiger partial charge in [0.25, 0.3) is 0 Å². The summed E-state index contributed by atoms with van der Waals surface area (Å²) in [6.45, 7) is 0. The zero-order chi connectivity index (χ0) is 8.08. The SMILES string of the molecule is OB(O)O.[F][Ni]([F])([F])[F]. The third-order valence-electron chi connectivity index (χ3n) is 0. The van der Waals surface area contributed by atoms with Crippen molar-refractivity contribution in [1.82, 2.24) is 0 Å². The molecule has 0 aliphatic carbocycles. The van der Waals surface area contributed by atoms with Gasteiger partial charge in [0, 0.05) is 0 Å². The van der Waals surface area contributed by atoms with Crippen molar-refractivity contribution in [3.8, 4) is 0 Å². The molecule has 0 aromatic heterocycles. The van der Waals surface area contributed by atoms with Gasteiger partial charge < -0.3 is 15.1 Å². The van der Waals surface area contributed by atoms with Crippen molar-refractivity contribution in [2.24, 2.45) is 0 Å². The summed E-state index contributed by atoms with van der Waals surface area (Å²) >= 11 is -6.25. The molecule has 0 aliphatic rings. The van der Waals surface area contributed by atoms with Crippen LogP contribution in [0.5, 0.6) is 0 Å². The fourth-order valence-corrected chi connectivity index (χ4v) is 0. The number of halogens is 4. The molecular weight excluding hydrogens is 193 g/mol. The maximum atomic E-state index is 9.78. The van der Waals surface area contributed by atoms with E-state index in [1.165, 1.54) is 0 Å². The van der Waals surface area contributed by atoms with Crippen LogP contribution in [0.15, 0.2) is 0 Å². The molecule has 0 fully saturated rings. The Balaban J connectivity index is 0. The summed E-state index contributed by atoms with van der Waals surface area (Å²) in [4.78, 5) is 0. The monoisotopic (exact) mass is 196 g/mol. The Hall–Kier alpha value is 0.158. The van der Waals surface area contributed by atoms with Crippen molar-refractivity contribution >= 4 is 7.32 Å². The van der Waals surface area contributed by atoms with Crippen LogP contribution in [-0.2, 0) is 14.2 Å². The molecule has 0 unspecified atom stereocenters. The van der Waals surface area contributed by atoms with Gasteiger partial charge in [-0.3, -0.25) is 0 Å². The van der Waals surface area contributed by atoms with Gasteiger partial charge in [0.15, 0.2) is 0 Å². The second kappa shape index (κ2) is 4.98. The third-order valence-corrected chi connectivity index (χ3v) is 0. The summed E-state index contributed by atoms with van der Waals surface area (Å²) in [5.41, 5.74) is 0. The summed E-state index contributed by atoms with van der Waals surface area (Å²) < 4.78 is 39.1. The van der Waals surface area contributed by atoms with Gasteiger partial charge in [-0.15, -0.1) is 0 Å². The Morgan fingerprint density at radius 3 is 0.889 bits per heavy atom. The number of rotatable bonds is 0. The summed E-state index contributed by atoms with van der Waals surface area (Å²) in [5.74, 6) is 0. The molecule has 0 aromatic carbocycles. The van der Waals surface area contributed by atoms with Crippen LogP contribution in [0.4, 0.5) is 14.4 Å². The van der Waals surface area contributed by atoms with Gasteiger partial charge in [0.2, 0.25) is 0 Å². The zero-order valence-electron chi connectivity index (χ0n) is 3.75. The molecule has 9 heavy (non-hydrogen) atoms. The molecule has 0 amide bonds. The van der Waals surface area contributed by atoms with Crippen molar-refractivity contribution in [1.29, 1.82) is 0 Å². The van der Waals surface area contributed by atoms with Crippen LogP contribution in [0.1, 0.15) is 0 Å². The Labute approximate surface area is 51.9 Å². The Morgan fingerprint density at radius 2 is 0.889 bits per heavy atom. The predicted molar refractivity (Wildman–Crippen MR) is 16.8 cm³/mol. The molecule has 0 saturated heterocycles. The van der Waals surface area contributed by atoms with Crippen molar-refractivity contribution < 1.29 is 43.7 Å². The van der Waals surface area contributed by atoms with E-state index in [1.54, 1.807) is 0 Å². The van der Waals surface area contributed by atoms with E-state index in [4.69, 9.17) is 15.1 Å². The Morgan fingerprint density at radius 1 is 0.889 bits per heavy atom. The minimum absolute atomic E-state index is 2.17. The normalized spacial score (nSPS) is 11.4. The van der Waals surface area contributed by atoms with Gasteiger partial charge in [-0.25, -0.2) is 0 Å². The summed E-state index contributed by atoms with van der Waals surface area (Å²) in [5, 5.41) is 21.5. The molecular formula is H3BF4NiO3. The zero-order valence-corrected chi connectivity index (χ0v) is 4.73. The van der Waals surface area contributed by atoms with Gasteiger partial charge in [-0.2, -0.15) is 0 Å². The molecule has 0 saturated carbocycles. The molecule has 0 heterocycles. The fourth-order valence-electron chi connectivity index (χ4n) is 0. The van der Waals surface area contributed by atoms with Crippen molar-refractivity contribution in [2.45, 2.75) is 0 Å². The van der Waals surface area contributed by atoms with Crippen LogP contribution in [0.3, 0.4) is 0 Å². The molecule has 0 aromatic rings. The van der Waals surface area contributed by atoms with Gasteiger partial charge in [0.1, 0.15) is 0 Å². The van der Waals surface area contributed by atoms with E-state index in [0.29, 0.717) is 0 Å². The third kappa shape index (κ3) is 12300. The first-order chi connectivity index (χ1) is 3.73. The minimum atomic E-state index is -6.25. The van der Waals surface area contributed by atoms with Gasteiger partial charge in [-0.1, -0.05) is 0 Å². The molecule has 9 heteroatoms. The summed E-state index contributed by atoms with van der Waals surface area (Å²) in [6, 6.07) is 0. The quantitative estimate of drug-likeness (QED) is 0.366. The molecule has 62 valence electrons. The van der Waals surface area contributed by atoms with Gasteiger partial charge in [-0.05, 0) is 0 Å². The maximum absolute atomic E-state index is 9.78. The molecule has 0 spiro atoms. The Kier molecular flexibility index (Phi) is 6.59. The fraction of sp³-hybridized carbons (Fsp3) is 0. The van der Waals surface area contributed by atoms with Crippen molar-refractivity contribution in [3.05, 3.63) is 0 Å². The average Bonchev–Trinajstić information content (AvgIpc) is 1.19. The van der Waals surface area contributed by atoms with E-state index in [0.717, 1.165) is 0 Å². The van der Waals surface area contributed by atoms with E-state index in [2.05, 4.69) is 0 Å². The second-order valence-electron chi connectivity index (χ2n) is 0.617. The van der Waals surface area contributed by atoms with E-state index >= 15 is 0 Å². The van der Waals surface area contributed by atoms with Crippen LogP contribution in [0.2, 0.25) is 0 Å². The van der Waals surface area contributed by atoms with Crippen LogP contribution in [0.25, 0.3) is 0 Å². The van der Waals surface area contributed by atoms with E-state index in [1.807, 2.05) is 0 Å².